The van der Waals surface area contributed by atoms with Crippen molar-refractivity contribution in [1.82, 2.24) is 4.98 Å². The van der Waals surface area contributed by atoms with Crippen LogP contribution in [0.3, 0.4) is 0 Å². The van der Waals surface area contributed by atoms with Gasteiger partial charge in [-0.25, -0.2) is 4.98 Å². The van der Waals surface area contributed by atoms with E-state index in [1.165, 1.54) is 22.5 Å². The zero-order chi connectivity index (χ0) is 18.7. The normalized spacial score (nSPS) is 11.0. The summed E-state index contributed by atoms with van der Waals surface area (Å²) in [5.41, 5.74) is 5.03. The summed E-state index contributed by atoms with van der Waals surface area (Å²) in [6, 6.07) is 14.0. The first-order valence-electron chi connectivity index (χ1n) is 8.53. The summed E-state index contributed by atoms with van der Waals surface area (Å²) < 4.78 is 0. The molecular weight excluding hydrogens is 360 g/mol. The van der Waals surface area contributed by atoms with Gasteiger partial charge >= 0.3 is 0 Å². The molecule has 134 valence electrons. The number of nitrogens with zero attached hydrogens (tertiary/aromatic N) is 1. The number of thiazole rings is 1. The van der Waals surface area contributed by atoms with Crippen LogP contribution in [0, 0.1) is 13.8 Å². The quantitative estimate of drug-likeness (QED) is 0.536. The molecule has 1 amide bonds. The van der Waals surface area contributed by atoms with Crippen molar-refractivity contribution in [3.63, 3.8) is 0 Å². The third kappa shape index (κ3) is 4.54. The fraction of sp³-hybridized carbons (Fsp3) is 0.238. The maximum atomic E-state index is 12.6. The monoisotopic (exact) mass is 382 g/mol. The van der Waals surface area contributed by atoms with Crippen LogP contribution in [0.15, 0.2) is 52.7 Å². The smallest absolute Gasteiger partial charge is 0.257 e. The maximum Gasteiger partial charge on any atom is 0.257 e. The molecule has 0 unspecified atom stereocenters. The fourth-order valence-corrected chi connectivity index (χ4v) is 4.22. The average Bonchev–Trinajstić information content (AvgIpc) is 3.05. The second-order valence-electron chi connectivity index (χ2n) is 6.50. The molecule has 2 aromatic carbocycles. The number of hydrogen-bond acceptors (Lipinski definition) is 4. The van der Waals surface area contributed by atoms with Crippen molar-refractivity contribution in [3.8, 4) is 11.3 Å². The molecule has 0 radical (unpaired) electrons. The van der Waals surface area contributed by atoms with Crippen molar-refractivity contribution in [2.75, 3.05) is 5.32 Å². The van der Waals surface area contributed by atoms with Crippen molar-refractivity contribution >= 4 is 34.1 Å². The lowest BCUT2D eigenvalue weighted by Gasteiger charge is -2.07. The number of nitrogens with one attached hydrogen (secondary N) is 1. The molecule has 0 bridgehead atoms. The van der Waals surface area contributed by atoms with Gasteiger partial charge in [0, 0.05) is 26.7 Å². The van der Waals surface area contributed by atoms with Gasteiger partial charge in [-0.05, 0) is 43.7 Å². The highest BCUT2D eigenvalue weighted by molar-refractivity contribution is 7.99. The Morgan fingerprint density at radius 1 is 1.15 bits per heavy atom. The molecule has 3 aromatic rings. The van der Waals surface area contributed by atoms with Gasteiger partial charge in [0.1, 0.15) is 0 Å². The number of carbonyl (C=O) groups excluding carboxylic acids is 1. The minimum Gasteiger partial charge on any atom is -0.298 e. The fourth-order valence-electron chi connectivity index (χ4n) is 2.62. The topological polar surface area (TPSA) is 42.0 Å². The van der Waals surface area contributed by atoms with Gasteiger partial charge in [-0.1, -0.05) is 37.6 Å². The van der Waals surface area contributed by atoms with Gasteiger partial charge in [-0.3, -0.25) is 10.1 Å². The molecule has 1 heterocycles. The lowest BCUT2D eigenvalue weighted by atomic mass is 10.0. The van der Waals surface area contributed by atoms with E-state index in [2.05, 4.69) is 56.2 Å². The van der Waals surface area contributed by atoms with E-state index in [1.54, 1.807) is 11.8 Å². The van der Waals surface area contributed by atoms with Gasteiger partial charge in [-0.15, -0.1) is 23.1 Å². The lowest BCUT2D eigenvalue weighted by molar-refractivity contribution is 0.102. The Kier molecular flexibility index (Phi) is 5.79. The Bertz CT molecular complexity index is 931. The summed E-state index contributed by atoms with van der Waals surface area (Å²) >= 11 is 3.20. The highest BCUT2D eigenvalue weighted by Crippen LogP contribution is 2.29. The summed E-state index contributed by atoms with van der Waals surface area (Å²) in [5.74, 6) is -0.127. The molecule has 0 spiro atoms. The van der Waals surface area contributed by atoms with Crippen LogP contribution in [0.5, 0.6) is 0 Å². The molecule has 0 saturated heterocycles. The highest BCUT2D eigenvalue weighted by atomic mass is 32.2. The third-order valence-corrected chi connectivity index (χ3v) is 5.62. The van der Waals surface area contributed by atoms with Crippen LogP contribution in [0.25, 0.3) is 11.3 Å². The molecule has 0 aliphatic carbocycles. The molecule has 0 atom stereocenters. The largest absolute Gasteiger partial charge is 0.298 e. The molecule has 0 aliphatic rings. The van der Waals surface area contributed by atoms with E-state index in [4.69, 9.17) is 0 Å². The number of aryl methyl sites for hydroxylation is 2. The molecular formula is C21H22N2OS2. The zero-order valence-electron chi connectivity index (χ0n) is 15.4. The van der Waals surface area contributed by atoms with Gasteiger partial charge in [0.05, 0.1) is 5.69 Å². The van der Waals surface area contributed by atoms with Crippen molar-refractivity contribution < 1.29 is 4.79 Å². The van der Waals surface area contributed by atoms with Crippen LogP contribution in [0.2, 0.25) is 0 Å². The Morgan fingerprint density at radius 2 is 1.96 bits per heavy atom. The first-order chi connectivity index (χ1) is 12.4. The standard InChI is InChI=1S/C21H22N2OS2/c1-13(2)26-17-7-5-6-16(11-17)20(24)23-21-22-19(12-25-21)18-10-14(3)8-9-15(18)4/h5-13H,1-4H3,(H,22,23,24). The molecule has 0 saturated carbocycles. The number of benzene rings is 2. The van der Waals surface area contributed by atoms with Crippen molar-refractivity contribution in [2.24, 2.45) is 0 Å². The van der Waals surface area contributed by atoms with Crippen molar-refractivity contribution in [3.05, 3.63) is 64.5 Å². The lowest BCUT2D eigenvalue weighted by Crippen LogP contribution is -2.11. The molecule has 5 heteroatoms. The molecule has 1 N–H and O–H groups in total. The van der Waals surface area contributed by atoms with Crippen LogP contribution in [0.1, 0.15) is 35.3 Å². The number of thioether (sulfide) groups is 1. The number of anilines is 1. The van der Waals surface area contributed by atoms with Crippen LogP contribution in [-0.2, 0) is 0 Å². The summed E-state index contributed by atoms with van der Waals surface area (Å²) in [4.78, 5) is 18.3. The van der Waals surface area contributed by atoms with E-state index in [9.17, 15) is 4.79 Å². The first-order valence-corrected chi connectivity index (χ1v) is 10.3. The Hall–Kier alpha value is -2.11. The van der Waals surface area contributed by atoms with Gasteiger partial charge in [-0.2, -0.15) is 0 Å². The van der Waals surface area contributed by atoms with Crippen molar-refractivity contribution in [2.45, 2.75) is 37.8 Å². The maximum absolute atomic E-state index is 12.6. The van der Waals surface area contributed by atoms with E-state index in [-0.39, 0.29) is 5.91 Å². The van der Waals surface area contributed by atoms with Gasteiger partial charge in [0.2, 0.25) is 0 Å². The number of amides is 1. The average molecular weight is 383 g/mol. The second kappa shape index (κ2) is 8.06. The van der Waals surface area contributed by atoms with Crippen LogP contribution in [0.4, 0.5) is 5.13 Å². The second-order valence-corrected chi connectivity index (χ2v) is 9.01. The van der Waals surface area contributed by atoms with Gasteiger partial charge in [0.15, 0.2) is 5.13 Å². The van der Waals surface area contributed by atoms with Crippen molar-refractivity contribution in [1.29, 1.82) is 0 Å². The Labute approximate surface area is 162 Å². The van der Waals surface area contributed by atoms with Crippen LogP contribution < -0.4 is 5.32 Å². The molecule has 1 aromatic heterocycles. The van der Waals surface area contributed by atoms with E-state index in [0.717, 1.165) is 16.2 Å². The Balaban J connectivity index is 1.77. The molecule has 0 fully saturated rings. The highest BCUT2D eigenvalue weighted by Gasteiger charge is 2.12. The van der Waals surface area contributed by atoms with Crippen LogP contribution in [-0.4, -0.2) is 16.1 Å². The summed E-state index contributed by atoms with van der Waals surface area (Å²) in [7, 11) is 0. The zero-order valence-corrected chi connectivity index (χ0v) is 17.0. The van der Waals surface area contributed by atoms with E-state index in [0.29, 0.717) is 15.9 Å². The van der Waals surface area contributed by atoms with Crippen LogP contribution >= 0.6 is 23.1 Å². The summed E-state index contributed by atoms with van der Waals surface area (Å²) in [6.07, 6.45) is 0. The number of rotatable bonds is 5. The summed E-state index contributed by atoms with van der Waals surface area (Å²) in [6.45, 7) is 8.42. The SMILES string of the molecule is Cc1ccc(C)c(-c2csc(NC(=O)c3cccc(SC(C)C)c3)n2)c1. The summed E-state index contributed by atoms with van der Waals surface area (Å²) in [5, 5.41) is 6.01. The van der Waals surface area contributed by atoms with E-state index in [1.807, 2.05) is 29.6 Å². The molecule has 0 aliphatic heterocycles. The predicted octanol–water partition coefficient (Wildman–Crippen LogP) is 6.18. The molecule has 3 rings (SSSR count). The Morgan fingerprint density at radius 3 is 2.73 bits per heavy atom. The minimum absolute atomic E-state index is 0.127. The van der Waals surface area contributed by atoms with E-state index < -0.39 is 0 Å². The predicted molar refractivity (Wildman–Crippen MR) is 112 cm³/mol. The van der Waals surface area contributed by atoms with E-state index >= 15 is 0 Å². The molecule has 3 nitrogen and oxygen atoms in total. The third-order valence-electron chi connectivity index (χ3n) is 3.86. The number of hydrogen-bond donors (Lipinski definition) is 1. The minimum atomic E-state index is -0.127. The number of carbonyl (C=O) groups is 1. The first kappa shape index (κ1) is 18.7. The van der Waals surface area contributed by atoms with Gasteiger partial charge in [0.25, 0.3) is 5.91 Å². The molecule has 26 heavy (non-hydrogen) atoms. The number of aromatic nitrogens is 1. The van der Waals surface area contributed by atoms with Gasteiger partial charge < -0.3 is 0 Å².